The van der Waals surface area contributed by atoms with Crippen LogP contribution in [0.3, 0.4) is 0 Å². The molecule has 0 atom stereocenters. The molecule has 0 saturated heterocycles. The van der Waals surface area contributed by atoms with Crippen molar-refractivity contribution in [2.24, 2.45) is 0 Å². The number of rotatable bonds is 2. The number of nitriles is 1. The maximum absolute atomic E-state index is 8.74. The topological polar surface area (TPSA) is 45.9 Å². The molecule has 90 valence electrons. The summed E-state index contributed by atoms with van der Waals surface area (Å²) in [4.78, 5) is 4.33. The number of pyridine rings is 1. The van der Waals surface area contributed by atoms with Crippen molar-refractivity contribution in [2.45, 2.75) is 0 Å². The zero-order valence-corrected chi connectivity index (χ0v) is 10.1. The van der Waals surface area contributed by atoms with Crippen LogP contribution in [0.5, 0.6) is 11.5 Å². The lowest BCUT2D eigenvalue weighted by Gasteiger charge is -2.06. The summed E-state index contributed by atoms with van der Waals surface area (Å²) in [5, 5.41) is 9.77. The number of hydrogen-bond donors (Lipinski definition) is 0. The normalized spacial score (nSPS) is 10.1. The van der Waals surface area contributed by atoms with Gasteiger partial charge in [0.05, 0.1) is 23.3 Å². The van der Waals surface area contributed by atoms with Gasteiger partial charge < -0.3 is 4.74 Å². The van der Waals surface area contributed by atoms with Crippen molar-refractivity contribution in [3.63, 3.8) is 0 Å². The highest BCUT2D eigenvalue weighted by Gasteiger charge is 2.00. The third kappa shape index (κ3) is 2.38. The molecule has 3 aromatic rings. The Hall–Kier alpha value is -2.86. The van der Waals surface area contributed by atoms with Crippen LogP contribution in [0.15, 0.2) is 60.8 Å². The van der Waals surface area contributed by atoms with E-state index in [1.165, 1.54) is 0 Å². The average molecular weight is 246 g/mol. The van der Waals surface area contributed by atoms with Gasteiger partial charge in [0.2, 0.25) is 0 Å². The Morgan fingerprint density at radius 3 is 2.53 bits per heavy atom. The number of hydrogen-bond acceptors (Lipinski definition) is 3. The molecular formula is C16H10N2O. The van der Waals surface area contributed by atoms with Crippen molar-refractivity contribution >= 4 is 10.9 Å². The van der Waals surface area contributed by atoms with Crippen LogP contribution in [-0.4, -0.2) is 4.98 Å². The Kier molecular flexibility index (Phi) is 2.83. The molecule has 1 aromatic heterocycles. The monoisotopic (exact) mass is 246 g/mol. The Balaban J connectivity index is 1.90. The van der Waals surface area contributed by atoms with Crippen molar-refractivity contribution in [2.75, 3.05) is 0 Å². The van der Waals surface area contributed by atoms with E-state index in [0.717, 1.165) is 10.9 Å². The summed E-state index contributed by atoms with van der Waals surface area (Å²) in [6, 6.07) is 18.9. The highest BCUT2D eigenvalue weighted by Crippen LogP contribution is 2.24. The summed E-state index contributed by atoms with van der Waals surface area (Å²) in [6.45, 7) is 0. The minimum atomic E-state index is 0.615. The first-order valence-corrected chi connectivity index (χ1v) is 5.88. The molecule has 2 aromatic carbocycles. The molecule has 0 amide bonds. The minimum Gasteiger partial charge on any atom is -0.456 e. The van der Waals surface area contributed by atoms with E-state index in [1.54, 1.807) is 30.5 Å². The molecular weight excluding hydrogens is 236 g/mol. The Bertz CT molecular complexity index is 758. The first kappa shape index (κ1) is 11.2. The SMILES string of the molecule is N#Cc1ccc(Oc2cnc3ccccc3c2)cc1. The highest BCUT2D eigenvalue weighted by molar-refractivity contribution is 5.79. The number of fused-ring (bicyclic) bond motifs is 1. The van der Waals surface area contributed by atoms with E-state index in [-0.39, 0.29) is 0 Å². The van der Waals surface area contributed by atoms with Crippen molar-refractivity contribution < 1.29 is 4.74 Å². The first-order valence-electron chi connectivity index (χ1n) is 5.88. The summed E-state index contributed by atoms with van der Waals surface area (Å²) >= 11 is 0. The van der Waals surface area contributed by atoms with Crippen molar-refractivity contribution in [3.05, 3.63) is 66.4 Å². The first-order chi connectivity index (χ1) is 9.35. The second-order valence-corrected chi connectivity index (χ2v) is 4.10. The molecule has 0 saturated carbocycles. The lowest BCUT2D eigenvalue weighted by Crippen LogP contribution is -1.86. The van der Waals surface area contributed by atoms with Crippen LogP contribution in [0.1, 0.15) is 5.56 Å². The molecule has 0 radical (unpaired) electrons. The third-order valence-electron chi connectivity index (χ3n) is 2.78. The molecule has 0 fully saturated rings. The van der Waals surface area contributed by atoms with Crippen LogP contribution in [0.25, 0.3) is 10.9 Å². The van der Waals surface area contributed by atoms with Crippen LogP contribution in [0, 0.1) is 11.3 Å². The highest BCUT2D eigenvalue weighted by atomic mass is 16.5. The van der Waals surface area contributed by atoms with Gasteiger partial charge in [-0.25, -0.2) is 0 Å². The molecule has 0 aliphatic heterocycles. The van der Waals surface area contributed by atoms with Crippen LogP contribution >= 0.6 is 0 Å². The zero-order valence-electron chi connectivity index (χ0n) is 10.1. The van der Waals surface area contributed by atoms with E-state index in [2.05, 4.69) is 11.1 Å². The van der Waals surface area contributed by atoms with E-state index in [0.29, 0.717) is 17.1 Å². The van der Waals surface area contributed by atoms with Crippen LogP contribution in [0.2, 0.25) is 0 Å². The molecule has 1 heterocycles. The fourth-order valence-corrected chi connectivity index (χ4v) is 1.84. The number of aromatic nitrogens is 1. The predicted octanol–water partition coefficient (Wildman–Crippen LogP) is 3.90. The molecule has 3 heteroatoms. The Morgan fingerprint density at radius 2 is 1.74 bits per heavy atom. The van der Waals surface area contributed by atoms with Gasteiger partial charge in [0.1, 0.15) is 11.5 Å². The van der Waals surface area contributed by atoms with Gasteiger partial charge >= 0.3 is 0 Å². The smallest absolute Gasteiger partial charge is 0.146 e. The zero-order chi connectivity index (χ0) is 13.1. The van der Waals surface area contributed by atoms with E-state index in [9.17, 15) is 0 Å². The second kappa shape index (κ2) is 4.79. The summed E-state index contributed by atoms with van der Waals surface area (Å²) in [5.41, 5.74) is 1.55. The van der Waals surface area contributed by atoms with Crippen LogP contribution < -0.4 is 4.74 Å². The van der Waals surface area contributed by atoms with E-state index in [4.69, 9.17) is 10.00 Å². The largest absolute Gasteiger partial charge is 0.456 e. The van der Waals surface area contributed by atoms with Crippen molar-refractivity contribution in [3.8, 4) is 17.6 Å². The lowest BCUT2D eigenvalue weighted by molar-refractivity contribution is 0.481. The van der Waals surface area contributed by atoms with Crippen molar-refractivity contribution in [1.82, 2.24) is 4.98 Å². The summed E-state index contributed by atoms with van der Waals surface area (Å²) in [7, 11) is 0. The van der Waals surface area contributed by atoms with Gasteiger partial charge in [0, 0.05) is 5.39 Å². The minimum absolute atomic E-state index is 0.615. The fraction of sp³-hybridized carbons (Fsp3) is 0. The predicted molar refractivity (Wildman–Crippen MR) is 73.0 cm³/mol. The van der Waals surface area contributed by atoms with Gasteiger partial charge in [0.15, 0.2) is 0 Å². The molecule has 19 heavy (non-hydrogen) atoms. The van der Waals surface area contributed by atoms with Crippen molar-refractivity contribution in [1.29, 1.82) is 5.26 Å². The summed E-state index contributed by atoms with van der Waals surface area (Å²) in [6.07, 6.45) is 1.69. The number of benzene rings is 2. The molecule has 0 spiro atoms. The van der Waals surface area contributed by atoms with Gasteiger partial charge in [-0.2, -0.15) is 5.26 Å². The molecule has 0 N–H and O–H groups in total. The molecule has 0 aliphatic carbocycles. The molecule has 3 rings (SSSR count). The molecule has 3 nitrogen and oxygen atoms in total. The second-order valence-electron chi connectivity index (χ2n) is 4.10. The van der Waals surface area contributed by atoms with Gasteiger partial charge in [-0.05, 0) is 36.4 Å². The maximum atomic E-state index is 8.74. The van der Waals surface area contributed by atoms with E-state index < -0.39 is 0 Å². The average Bonchev–Trinajstić information content (AvgIpc) is 2.48. The Labute approximate surface area is 110 Å². The van der Waals surface area contributed by atoms with Gasteiger partial charge in [-0.15, -0.1) is 0 Å². The van der Waals surface area contributed by atoms with Crippen LogP contribution in [-0.2, 0) is 0 Å². The summed E-state index contributed by atoms with van der Waals surface area (Å²) in [5.74, 6) is 1.37. The fourth-order valence-electron chi connectivity index (χ4n) is 1.84. The van der Waals surface area contributed by atoms with E-state index >= 15 is 0 Å². The van der Waals surface area contributed by atoms with Crippen LogP contribution in [0.4, 0.5) is 0 Å². The van der Waals surface area contributed by atoms with Gasteiger partial charge in [0.25, 0.3) is 0 Å². The Morgan fingerprint density at radius 1 is 0.947 bits per heavy atom. The van der Waals surface area contributed by atoms with Gasteiger partial charge in [-0.3, -0.25) is 4.98 Å². The maximum Gasteiger partial charge on any atom is 0.146 e. The quantitative estimate of drug-likeness (QED) is 0.688. The van der Waals surface area contributed by atoms with Gasteiger partial charge in [-0.1, -0.05) is 18.2 Å². The molecule has 0 bridgehead atoms. The molecule has 0 aliphatic rings. The summed E-state index contributed by atoms with van der Waals surface area (Å²) < 4.78 is 5.71. The molecule has 0 unspecified atom stereocenters. The standard InChI is InChI=1S/C16H10N2O/c17-10-12-5-7-14(8-6-12)19-15-9-13-3-1-2-4-16(13)18-11-15/h1-9,11H. The number of nitrogens with zero attached hydrogens (tertiary/aromatic N) is 2. The third-order valence-corrected chi connectivity index (χ3v) is 2.78. The van der Waals surface area contributed by atoms with E-state index in [1.807, 2.05) is 30.3 Å². The lowest BCUT2D eigenvalue weighted by atomic mass is 10.2. The number of ether oxygens (including phenoxy) is 1. The number of para-hydroxylation sites is 1.